The van der Waals surface area contributed by atoms with E-state index in [0.29, 0.717) is 86.9 Å². The minimum Gasteiger partial charge on any atom is -0.497 e. The molecule has 4 aromatic carbocycles. The number of methoxy groups -OCH3 is 6. The van der Waals surface area contributed by atoms with Crippen LogP contribution in [0.3, 0.4) is 0 Å². The lowest BCUT2D eigenvalue weighted by atomic mass is 9.70. The van der Waals surface area contributed by atoms with Crippen LogP contribution in [0.15, 0.2) is 96.8 Å². The van der Waals surface area contributed by atoms with Crippen molar-refractivity contribution in [2.75, 3.05) is 107 Å². The Kier molecular flexibility index (Phi) is 19.9. The van der Waals surface area contributed by atoms with Crippen LogP contribution in [0.2, 0.25) is 5.02 Å². The third kappa shape index (κ3) is 13.1. The highest BCUT2D eigenvalue weighted by Crippen LogP contribution is 2.47. The summed E-state index contributed by atoms with van der Waals surface area (Å²) in [7, 11) is 5.31. The predicted molar refractivity (Wildman–Crippen MR) is 286 cm³/mol. The normalized spacial score (nSPS) is 20.6. The summed E-state index contributed by atoms with van der Waals surface area (Å²) in [5, 5.41) is -0.231. The lowest BCUT2D eigenvalue weighted by molar-refractivity contribution is -0.124. The van der Waals surface area contributed by atoms with Gasteiger partial charge in [0, 0.05) is 90.1 Å². The first-order valence-electron chi connectivity index (χ1n) is 25.5. The number of carbonyl (C=O) groups is 1. The van der Waals surface area contributed by atoms with E-state index in [1.807, 2.05) is 73.7 Å². The Balaban J connectivity index is 1.23. The van der Waals surface area contributed by atoms with Crippen LogP contribution in [0.5, 0.6) is 17.2 Å². The van der Waals surface area contributed by atoms with E-state index >= 15 is 4.39 Å². The van der Waals surface area contributed by atoms with Gasteiger partial charge in [0.15, 0.2) is 5.60 Å². The lowest BCUT2D eigenvalue weighted by Gasteiger charge is -2.44. The van der Waals surface area contributed by atoms with Gasteiger partial charge in [0.05, 0.1) is 63.8 Å². The molecular weight excluding hydrogens is 989 g/mol. The monoisotopic (exact) mass is 1060 g/mol. The van der Waals surface area contributed by atoms with Crippen LogP contribution in [0.1, 0.15) is 72.1 Å². The SMILES string of the molecule is COCCN(CCOC)CC(OC)(/C(F)=C/C[C@H](C)[C@@H](C)S(=O)(=O)N(Cc1ccc(OC)cc1)Cc1ccc(OC)cc1)[C@@H]1OCC[C@H]1CN1C[C@@]2(CCCc3cc(Cl)ccc32)COc2ccc(C(=O)OC)cc21. The Morgan fingerprint density at radius 2 is 1.55 bits per heavy atom. The maximum atomic E-state index is 18.2. The number of sulfonamides is 1. The molecule has 1 fully saturated rings. The van der Waals surface area contributed by atoms with Gasteiger partial charge in [-0.25, -0.2) is 17.6 Å². The van der Waals surface area contributed by atoms with E-state index in [1.165, 1.54) is 35.7 Å². The summed E-state index contributed by atoms with van der Waals surface area (Å²) in [6.07, 6.45) is 4.07. The number of rotatable bonds is 25. The first kappa shape index (κ1) is 56.9. The summed E-state index contributed by atoms with van der Waals surface area (Å²) in [5.41, 5.74) is 2.99. The van der Waals surface area contributed by atoms with Crippen LogP contribution in [-0.2, 0) is 58.6 Å². The van der Waals surface area contributed by atoms with Crippen LogP contribution >= 0.6 is 11.6 Å². The fourth-order valence-corrected chi connectivity index (χ4v) is 12.9. The molecule has 0 radical (unpaired) electrons. The van der Waals surface area contributed by atoms with Gasteiger partial charge in [-0.1, -0.05) is 48.9 Å². The van der Waals surface area contributed by atoms with Crippen molar-refractivity contribution < 1.29 is 55.5 Å². The Bertz CT molecular complexity index is 2570. The van der Waals surface area contributed by atoms with Gasteiger partial charge in [0.25, 0.3) is 0 Å². The number of nitrogens with zero attached hydrogens (tertiary/aromatic N) is 3. The zero-order valence-corrected chi connectivity index (χ0v) is 45.9. The molecule has 1 spiro atoms. The number of halogens is 2. The van der Waals surface area contributed by atoms with Gasteiger partial charge in [-0.05, 0) is 128 Å². The zero-order chi connectivity index (χ0) is 53.0. The molecule has 404 valence electrons. The molecule has 74 heavy (non-hydrogen) atoms. The molecule has 17 heteroatoms. The highest BCUT2D eigenvalue weighted by molar-refractivity contribution is 7.89. The van der Waals surface area contributed by atoms with Gasteiger partial charge in [0.1, 0.15) is 23.1 Å². The summed E-state index contributed by atoms with van der Waals surface area (Å²) < 4.78 is 96.3. The molecule has 3 aliphatic rings. The number of hydrogen-bond donors (Lipinski definition) is 0. The fraction of sp³-hybridized carbons (Fsp3) is 0.526. The van der Waals surface area contributed by atoms with E-state index in [1.54, 1.807) is 41.4 Å². The molecule has 0 bridgehead atoms. The fourth-order valence-electron chi connectivity index (χ4n) is 10.9. The van der Waals surface area contributed by atoms with Crippen molar-refractivity contribution in [2.24, 2.45) is 11.8 Å². The van der Waals surface area contributed by atoms with Gasteiger partial charge >= 0.3 is 5.97 Å². The Hall–Kier alpha value is -4.78. The van der Waals surface area contributed by atoms with E-state index in [9.17, 15) is 13.2 Å². The molecule has 14 nitrogen and oxygen atoms in total. The number of ether oxygens (including phenoxy) is 8. The Morgan fingerprint density at radius 3 is 2.15 bits per heavy atom. The first-order valence-corrected chi connectivity index (χ1v) is 27.4. The molecular formula is C57H75ClFN3O11S. The summed E-state index contributed by atoms with van der Waals surface area (Å²) in [6, 6.07) is 26.1. The maximum absolute atomic E-state index is 18.2. The summed E-state index contributed by atoms with van der Waals surface area (Å²) in [6.45, 7) is 7.24. The van der Waals surface area contributed by atoms with Crippen LogP contribution in [-0.4, -0.2) is 142 Å². The zero-order valence-electron chi connectivity index (χ0n) is 44.3. The Morgan fingerprint density at radius 1 is 0.905 bits per heavy atom. The number of fused-ring (bicyclic) bond motifs is 3. The van der Waals surface area contributed by atoms with Crippen molar-refractivity contribution in [3.63, 3.8) is 0 Å². The standard InChI is InChI=1S/C57H75ClFN3O11S/c1-40(41(2)74(64,65)62(34-42-12-18-48(68-5)19-13-42)35-43-14-20-49(69-6)21-15-43)11-24-53(59)57(71-8,38-60(27-30-66-3)28-31-67-4)54-46(25-29-72-54)36-61-37-56(26-9-10-44-32-47(58)17-22-50(44)56)39-73-52-23-16-45(33-51(52)61)55(63)70-7/h12-24,32-33,40-41,46,54H,9-11,25-31,34-39H2,1-8H3/b53-24-/t40-,41+,46-,54+,56-,57?/m0/s1. The van der Waals surface area contributed by atoms with Crippen molar-refractivity contribution in [2.45, 2.75) is 81.4 Å². The Labute approximate surface area is 443 Å². The van der Waals surface area contributed by atoms with Crippen molar-refractivity contribution in [1.29, 1.82) is 0 Å². The van der Waals surface area contributed by atoms with E-state index < -0.39 is 50.1 Å². The maximum Gasteiger partial charge on any atom is 0.337 e. The minimum absolute atomic E-state index is 0.0862. The molecule has 6 atom stereocenters. The quantitative estimate of drug-likeness (QED) is 0.0585. The molecule has 7 rings (SSSR count). The van der Waals surface area contributed by atoms with Crippen molar-refractivity contribution in [1.82, 2.24) is 9.21 Å². The van der Waals surface area contributed by atoms with Crippen LogP contribution in [0.4, 0.5) is 10.1 Å². The van der Waals surface area contributed by atoms with E-state index in [-0.39, 0.29) is 32.0 Å². The number of benzene rings is 4. The second-order valence-electron chi connectivity index (χ2n) is 20.0. The molecule has 0 N–H and O–H groups in total. The van der Waals surface area contributed by atoms with Gasteiger partial charge in [-0.15, -0.1) is 0 Å². The van der Waals surface area contributed by atoms with E-state index in [4.69, 9.17) is 49.5 Å². The molecule has 1 saturated heterocycles. The predicted octanol–water partition coefficient (Wildman–Crippen LogP) is 9.30. The second-order valence-corrected chi connectivity index (χ2v) is 22.7. The average molecular weight is 1060 g/mol. The molecule has 0 amide bonds. The van der Waals surface area contributed by atoms with Crippen LogP contribution < -0.4 is 19.1 Å². The lowest BCUT2D eigenvalue weighted by Crippen LogP contribution is -2.58. The third-order valence-electron chi connectivity index (χ3n) is 15.4. The molecule has 0 saturated carbocycles. The number of allylic oxidation sites excluding steroid dienone is 1. The molecule has 4 aromatic rings. The van der Waals surface area contributed by atoms with Crippen molar-refractivity contribution in [3.05, 3.63) is 130 Å². The number of hydrogen-bond acceptors (Lipinski definition) is 13. The second kappa shape index (κ2) is 25.8. The molecule has 1 unspecified atom stereocenters. The van der Waals surface area contributed by atoms with Crippen LogP contribution in [0, 0.1) is 11.8 Å². The number of aryl methyl sites for hydroxylation is 1. The number of carbonyl (C=O) groups excluding carboxylic acids is 1. The first-order chi connectivity index (χ1) is 35.6. The highest BCUT2D eigenvalue weighted by Gasteiger charge is 2.53. The smallest absolute Gasteiger partial charge is 0.337 e. The molecule has 1 aliphatic carbocycles. The number of anilines is 1. The molecule has 2 aliphatic heterocycles. The van der Waals surface area contributed by atoms with E-state index in [0.717, 1.165) is 36.1 Å². The van der Waals surface area contributed by atoms with E-state index in [2.05, 4.69) is 21.9 Å². The third-order valence-corrected chi connectivity index (χ3v) is 18.0. The largest absolute Gasteiger partial charge is 0.497 e. The number of esters is 1. The highest BCUT2D eigenvalue weighted by atomic mass is 35.5. The topological polar surface area (TPSA) is 135 Å². The van der Waals surface area contributed by atoms with Crippen molar-refractivity contribution in [3.8, 4) is 17.2 Å². The minimum atomic E-state index is -3.99. The van der Waals surface area contributed by atoms with Gasteiger partial charge < -0.3 is 42.8 Å². The summed E-state index contributed by atoms with van der Waals surface area (Å²) in [4.78, 5) is 17.4. The molecule has 0 aromatic heterocycles. The average Bonchev–Trinajstić information content (AvgIpc) is 3.83. The summed E-state index contributed by atoms with van der Waals surface area (Å²) >= 11 is 6.56. The molecule has 2 heterocycles. The van der Waals surface area contributed by atoms with Gasteiger partial charge in [-0.2, -0.15) is 4.31 Å². The van der Waals surface area contributed by atoms with Crippen LogP contribution in [0.25, 0.3) is 0 Å². The van der Waals surface area contributed by atoms with Gasteiger partial charge in [0.2, 0.25) is 10.0 Å². The van der Waals surface area contributed by atoms with Gasteiger partial charge in [-0.3, -0.25) is 4.90 Å². The van der Waals surface area contributed by atoms with Crippen molar-refractivity contribution >= 4 is 33.3 Å². The summed E-state index contributed by atoms with van der Waals surface area (Å²) in [5.74, 6) is 0.112.